The van der Waals surface area contributed by atoms with Gasteiger partial charge in [0, 0.05) is 63.1 Å². The number of ether oxygens (including phenoxy) is 2. The minimum atomic E-state index is 0.0536. The molecule has 1 aromatic carbocycles. The second kappa shape index (κ2) is 10.1. The van der Waals surface area contributed by atoms with Crippen LogP contribution in [0.15, 0.2) is 37.1 Å². The fourth-order valence-corrected chi connectivity index (χ4v) is 6.75. The van der Waals surface area contributed by atoms with Gasteiger partial charge in [0.25, 0.3) is 0 Å². The van der Waals surface area contributed by atoms with E-state index in [0.717, 1.165) is 75.9 Å². The summed E-state index contributed by atoms with van der Waals surface area (Å²) in [6.45, 7) is 14.0. The van der Waals surface area contributed by atoms with Gasteiger partial charge in [0.2, 0.25) is 5.91 Å². The van der Waals surface area contributed by atoms with E-state index in [-0.39, 0.29) is 5.91 Å². The number of nitrogens with one attached hydrogen (secondary N) is 1. The molecule has 0 bridgehead atoms. The van der Waals surface area contributed by atoms with Crippen molar-refractivity contribution < 1.29 is 14.3 Å². The first-order chi connectivity index (χ1) is 18.0. The Morgan fingerprint density at radius 1 is 1.16 bits per heavy atom. The van der Waals surface area contributed by atoms with Crippen LogP contribution in [0.5, 0.6) is 5.75 Å². The van der Waals surface area contributed by atoms with Gasteiger partial charge in [0.1, 0.15) is 18.2 Å². The van der Waals surface area contributed by atoms with Crippen LogP contribution in [0.25, 0.3) is 0 Å². The second-order valence-electron chi connectivity index (χ2n) is 11.2. The Morgan fingerprint density at radius 3 is 2.73 bits per heavy atom. The van der Waals surface area contributed by atoms with Crippen LogP contribution in [-0.4, -0.2) is 66.1 Å². The van der Waals surface area contributed by atoms with Crippen molar-refractivity contribution in [2.24, 2.45) is 5.92 Å². The number of carbonyl (C=O) groups excluding carboxylic acids is 1. The fraction of sp³-hybridized carbons (Fsp3) is 0.533. The zero-order valence-electron chi connectivity index (χ0n) is 22.0. The third kappa shape index (κ3) is 4.64. The van der Waals surface area contributed by atoms with E-state index in [1.54, 1.807) is 0 Å². The minimum absolute atomic E-state index is 0.0536. The number of pyridine rings is 1. The number of likely N-dealkylation sites (tertiary alicyclic amines) is 2. The smallest absolute Gasteiger partial charge is 0.245 e. The number of hydrogen-bond acceptors (Lipinski definition) is 6. The summed E-state index contributed by atoms with van der Waals surface area (Å²) < 4.78 is 12.0. The average molecular weight is 503 g/mol. The molecule has 5 heterocycles. The predicted octanol–water partition coefficient (Wildman–Crippen LogP) is 4.74. The van der Waals surface area contributed by atoms with Crippen molar-refractivity contribution in [1.82, 2.24) is 14.8 Å². The first-order valence-corrected chi connectivity index (χ1v) is 13.8. The fourth-order valence-electron chi connectivity index (χ4n) is 6.75. The molecule has 2 unspecified atom stereocenters. The first kappa shape index (κ1) is 24.4. The molecule has 3 saturated heterocycles. The summed E-state index contributed by atoms with van der Waals surface area (Å²) >= 11 is 0. The number of amides is 1. The topological polar surface area (TPSA) is 66.9 Å². The standard InChI is InChI=1S/C30H38N4O3/c1-4-28(35)33-10-6-27(20(3)15-33)34-16-23(17-34)22-13-19(2)29-26(14-22)32-30-25(18-37-29)24(5-9-31-30)21-7-11-36-12-8-21/h4-5,9,13-14,20-21,23,27H,1,6-8,10-12,15-18H2,2-3H3,(H,31,32). The maximum atomic E-state index is 12.0. The molecule has 0 spiro atoms. The van der Waals surface area contributed by atoms with Crippen LogP contribution >= 0.6 is 0 Å². The summed E-state index contributed by atoms with van der Waals surface area (Å²) in [6, 6.07) is 7.28. The number of aryl methyl sites for hydroxylation is 1. The van der Waals surface area contributed by atoms with Gasteiger partial charge in [-0.3, -0.25) is 9.69 Å². The maximum Gasteiger partial charge on any atom is 0.245 e. The third-order valence-electron chi connectivity index (χ3n) is 8.86. The lowest BCUT2D eigenvalue weighted by atomic mass is 9.84. The highest BCUT2D eigenvalue weighted by molar-refractivity contribution is 5.87. The zero-order chi connectivity index (χ0) is 25.5. The number of anilines is 2. The predicted molar refractivity (Wildman–Crippen MR) is 144 cm³/mol. The van der Waals surface area contributed by atoms with Crippen LogP contribution < -0.4 is 10.1 Å². The Balaban J connectivity index is 1.16. The summed E-state index contributed by atoms with van der Waals surface area (Å²) in [7, 11) is 0. The number of rotatable bonds is 4. The van der Waals surface area contributed by atoms with E-state index in [2.05, 4.69) is 48.8 Å². The lowest BCUT2D eigenvalue weighted by Gasteiger charge is -2.50. The van der Waals surface area contributed by atoms with Gasteiger partial charge in [-0.25, -0.2) is 4.98 Å². The molecule has 0 aliphatic carbocycles. The highest BCUT2D eigenvalue weighted by atomic mass is 16.5. The van der Waals surface area contributed by atoms with Crippen LogP contribution in [0.3, 0.4) is 0 Å². The molecule has 0 radical (unpaired) electrons. The van der Waals surface area contributed by atoms with Crippen molar-refractivity contribution in [2.75, 3.05) is 44.7 Å². The van der Waals surface area contributed by atoms with E-state index in [0.29, 0.717) is 30.4 Å². The Hall–Kier alpha value is -2.90. The number of fused-ring (bicyclic) bond motifs is 2. The van der Waals surface area contributed by atoms with Crippen LogP contribution in [0, 0.1) is 12.8 Å². The lowest BCUT2D eigenvalue weighted by molar-refractivity contribution is -0.129. The minimum Gasteiger partial charge on any atom is -0.486 e. The quantitative estimate of drug-likeness (QED) is 0.609. The molecule has 7 heteroatoms. The van der Waals surface area contributed by atoms with Gasteiger partial charge < -0.3 is 19.7 Å². The van der Waals surface area contributed by atoms with Crippen LogP contribution in [0.2, 0.25) is 0 Å². The van der Waals surface area contributed by atoms with E-state index in [1.807, 2.05) is 11.1 Å². The van der Waals surface area contributed by atoms with E-state index in [9.17, 15) is 4.79 Å². The zero-order valence-corrected chi connectivity index (χ0v) is 22.0. The number of benzene rings is 1. The number of aromatic nitrogens is 1. The van der Waals surface area contributed by atoms with Gasteiger partial charge in [0.05, 0.1) is 5.69 Å². The summed E-state index contributed by atoms with van der Waals surface area (Å²) in [6.07, 6.45) is 6.49. The molecule has 1 N–H and O–H groups in total. The molecule has 1 amide bonds. The molecule has 2 aromatic rings. The Kier molecular flexibility index (Phi) is 6.67. The number of carbonyl (C=O) groups is 1. The first-order valence-electron chi connectivity index (χ1n) is 13.8. The van der Waals surface area contributed by atoms with Crippen LogP contribution in [0.4, 0.5) is 11.5 Å². The largest absolute Gasteiger partial charge is 0.486 e. The van der Waals surface area contributed by atoms with Crippen molar-refractivity contribution in [2.45, 2.75) is 57.6 Å². The molecular formula is C30H38N4O3. The maximum absolute atomic E-state index is 12.0. The van der Waals surface area contributed by atoms with Crippen LogP contribution in [-0.2, 0) is 16.1 Å². The van der Waals surface area contributed by atoms with Crippen molar-refractivity contribution in [3.8, 4) is 5.75 Å². The summed E-state index contributed by atoms with van der Waals surface area (Å²) in [5.74, 6) is 3.38. The van der Waals surface area contributed by atoms with E-state index in [1.165, 1.54) is 28.3 Å². The Labute approximate surface area is 219 Å². The number of piperidine rings is 1. The second-order valence-corrected chi connectivity index (χ2v) is 11.2. The van der Waals surface area contributed by atoms with E-state index in [4.69, 9.17) is 14.5 Å². The summed E-state index contributed by atoms with van der Waals surface area (Å²) in [5, 5.41) is 3.64. The Morgan fingerprint density at radius 2 is 1.97 bits per heavy atom. The number of hydrogen-bond donors (Lipinski definition) is 1. The molecule has 0 saturated carbocycles. The molecule has 3 fully saturated rings. The molecule has 2 atom stereocenters. The van der Waals surface area contributed by atoms with E-state index >= 15 is 0 Å². The van der Waals surface area contributed by atoms with Gasteiger partial charge in [-0.15, -0.1) is 0 Å². The molecule has 196 valence electrons. The third-order valence-corrected chi connectivity index (χ3v) is 8.86. The van der Waals surface area contributed by atoms with Crippen molar-refractivity contribution in [1.29, 1.82) is 0 Å². The SMILES string of the molecule is C=CC(=O)N1CCC(N2CC(c3cc(C)c4c(c3)Nc3nccc(C5CCOCC5)c3CO4)C2)C(C)C1. The number of nitrogens with zero attached hydrogens (tertiary/aromatic N) is 3. The van der Waals surface area contributed by atoms with Gasteiger partial charge in [0.15, 0.2) is 0 Å². The normalized spacial score (nSPS) is 24.6. The summed E-state index contributed by atoms with van der Waals surface area (Å²) in [4.78, 5) is 21.3. The van der Waals surface area contributed by atoms with Gasteiger partial charge in [-0.05, 0) is 72.9 Å². The monoisotopic (exact) mass is 502 g/mol. The van der Waals surface area contributed by atoms with Crippen LogP contribution in [0.1, 0.15) is 60.3 Å². The Bertz CT molecular complexity index is 1190. The molecule has 7 nitrogen and oxygen atoms in total. The highest BCUT2D eigenvalue weighted by Crippen LogP contribution is 2.43. The lowest BCUT2D eigenvalue weighted by Crippen LogP contribution is -2.58. The van der Waals surface area contributed by atoms with Crippen molar-refractivity contribution in [3.05, 3.63) is 59.3 Å². The molecule has 6 rings (SSSR count). The van der Waals surface area contributed by atoms with Crippen molar-refractivity contribution >= 4 is 17.4 Å². The van der Waals surface area contributed by atoms with Gasteiger partial charge in [-0.2, -0.15) is 0 Å². The summed E-state index contributed by atoms with van der Waals surface area (Å²) in [5.41, 5.74) is 6.07. The van der Waals surface area contributed by atoms with Crippen molar-refractivity contribution in [3.63, 3.8) is 0 Å². The molecule has 4 aliphatic rings. The molecular weight excluding hydrogens is 464 g/mol. The van der Waals surface area contributed by atoms with E-state index < -0.39 is 0 Å². The highest BCUT2D eigenvalue weighted by Gasteiger charge is 2.39. The van der Waals surface area contributed by atoms with Gasteiger partial charge >= 0.3 is 0 Å². The molecule has 4 aliphatic heterocycles. The average Bonchev–Trinajstić information content (AvgIpc) is 3.08. The van der Waals surface area contributed by atoms with Gasteiger partial charge in [-0.1, -0.05) is 19.6 Å². The molecule has 1 aromatic heterocycles. The molecule has 37 heavy (non-hydrogen) atoms.